The summed E-state index contributed by atoms with van der Waals surface area (Å²) in [5, 5.41) is 3.35. The lowest BCUT2D eigenvalue weighted by atomic mass is 10.2. The van der Waals surface area contributed by atoms with Crippen LogP contribution >= 0.6 is 0 Å². The zero-order valence-electron chi connectivity index (χ0n) is 12.2. The van der Waals surface area contributed by atoms with E-state index >= 15 is 0 Å². The third-order valence-electron chi connectivity index (χ3n) is 3.57. The van der Waals surface area contributed by atoms with Gasteiger partial charge in [-0.1, -0.05) is 0 Å². The molecule has 0 atom stereocenters. The maximum absolute atomic E-state index is 11.5. The number of furan rings is 1. The highest BCUT2D eigenvalue weighted by Crippen LogP contribution is 2.13. The molecule has 1 aliphatic rings. The predicted molar refractivity (Wildman–Crippen MR) is 75.7 cm³/mol. The van der Waals surface area contributed by atoms with E-state index in [2.05, 4.69) is 22.2 Å². The molecule has 0 spiro atoms. The van der Waals surface area contributed by atoms with Crippen molar-refractivity contribution in [2.45, 2.75) is 6.54 Å². The number of carbonyl (C=O) groups excluding carboxylic acids is 1. The quantitative estimate of drug-likeness (QED) is 0.762. The Balaban J connectivity index is 1.80. The smallest absolute Gasteiger partial charge is 0.374 e. The Morgan fingerprint density at radius 2 is 2.25 bits per heavy atom. The van der Waals surface area contributed by atoms with Crippen LogP contribution in [0.25, 0.3) is 0 Å². The van der Waals surface area contributed by atoms with E-state index in [9.17, 15) is 4.79 Å². The number of nitrogens with one attached hydrogen (secondary N) is 1. The van der Waals surface area contributed by atoms with Gasteiger partial charge in [0.1, 0.15) is 0 Å². The van der Waals surface area contributed by atoms with Crippen molar-refractivity contribution >= 4 is 5.97 Å². The summed E-state index contributed by atoms with van der Waals surface area (Å²) >= 11 is 0. The van der Waals surface area contributed by atoms with Gasteiger partial charge in [-0.25, -0.2) is 4.79 Å². The summed E-state index contributed by atoms with van der Waals surface area (Å²) in [7, 11) is 3.42. The molecule has 1 aromatic rings. The molecular weight excluding hydrogens is 258 g/mol. The van der Waals surface area contributed by atoms with Crippen molar-refractivity contribution in [3.63, 3.8) is 0 Å². The number of rotatable bonds is 6. The topological polar surface area (TPSA) is 58.0 Å². The average molecular weight is 281 g/mol. The fourth-order valence-corrected chi connectivity index (χ4v) is 2.35. The molecule has 1 N–H and O–H groups in total. The maximum atomic E-state index is 11.5. The fraction of sp³-hybridized carbons (Fsp3) is 0.643. The maximum Gasteiger partial charge on any atom is 0.374 e. The summed E-state index contributed by atoms with van der Waals surface area (Å²) in [6.45, 7) is 7.04. The summed E-state index contributed by atoms with van der Waals surface area (Å²) in [6, 6.07) is 1.83. The molecule has 20 heavy (non-hydrogen) atoms. The number of hydrogen-bond acceptors (Lipinski definition) is 6. The van der Waals surface area contributed by atoms with Crippen LogP contribution in [0, 0.1) is 0 Å². The van der Waals surface area contributed by atoms with E-state index in [0.29, 0.717) is 12.3 Å². The Morgan fingerprint density at radius 1 is 1.50 bits per heavy atom. The van der Waals surface area contributed by atoms with E-state index in [4.69, 9.17) is 9.15 Å². The molecule has 1 saturated heterocycles. The van der Waals surface area contributed by atoms with Crippen molar-refractivity contribution in [2.75, 3.05) is 53.4 Å². The lowest BCUT2D eigenvalue weighted by Gasteiger charge is -2.29. The number of carbonyl (C=O) groups is 1. The van der Waals surface area contributed by atoms with Gasteiger partial charge in [0, 0.05) is 51.4 Å². The number of nitrogens with zero attached hydrogens (tertiary/aromatic N) is 2. The minimum absolute atomic E-state index is 0.307. The Kier molecular flexibility index (Phi) is 5.58. The van der Waals surface area contributed by atoms with E-state index in [1.165, 1.54) is 13.4 Å². The predicted octanol–water partition coefficient (Wildman–Crippen LogP) is 0.403. The van der Waals surface area contributed by atoms with E-state index in [1.807, 2.05) is 6.07 Å². The highest BCUT2D eigenvalue weighted by molar-refractivity contribution is 5.87. The van der Waals surface area contributed by atoms with Crippen molar-refractivity contribution in [3.05, 3.63) is 23.7 Å². The fourth-order valence-electron chi connectivity index (χ4n) is 2.35. The van der Waals surface area contributed by atoms with Gasteiger partial charge in [-0.3, -0.25) is 4.90 Å². The van der Waals surface area contributed by atoms with Crippen LogP contribution in [-0.2, 0) is 11.3 Å². The molecule has 0 aromatic carbocycles. The second kappa shape index (κ2) is 7.42. The summed E-state index contributed by atoms with van der Waals surface area (Å²) < 4.78 is 9.90. The Labute approximate surface area is 119 Å². The molecule has 0 bridgehead atoms. The second-order valence-corrected chi connectivity index (χ2v) is 5.10. The number of methoxy groups -OCH3 is 1. The minimum Gasteiger partial charge on any atom is -0.463 e. The lowest BCUT2D eigenvalue weighted by molar-refractivity contribution is 0.0562. The van der Waals surface area contributed by atoms with Gasteiger partial charge in [-0.2, -0.15) is 0 Å². The number of ether oxygens (including phenoxy) is 1. The molecule has 112 valence electrons. The Morgan fingerprint density at radius 3 is 2.95 bits per heavy atom. The van der Waals surface area contributed by atoms with Gasteiger partial charge in [0.25, 0.3) is 0 Å². The summed E-state index contributed by atoms with van der Waals surface area (Å²) in [5.41, 5.74) is 0.875. The number of hydrogen-bond donors (Lipinski definition) is 1. The van der Waals surface area contributed by atoms with Gasteiger partial charge in [0.15, 0.2) is 0 Å². The monoisotopic (exact) mass is 281 g/mol. The van der Waals surface area contributed by atoms with Crippen LogP contribution in [0.3, 0.4) is 0 Å². The van der Waals surface area contributed by atoms with Gasteiger partial charge >= 0.3 is 5.97 Å². The molecule has 1 aromatic heterocycles. The van der Waals surface area contributed by atoms with Crippen LogP contribution in [0.1, 0.15) is 16.1 Å². The van der Waals surface area contributed by atoms with Crippen LogP contribution in [0.2, 0.25) is 0 Å². The largest absolute Gasteiger partial charge is 0.463 e. The lowest BCUT2D eigenvalue weighted by Crippen LogP contribution is -2.45. The molecule has 0 saturated carbocycles. The highest BCUT2D eigenvalue weighted by Gasteiger charge is 2.17. The van der Waals surface area contributed by atoms with Crippen molar-refractivity contribution in [2.24, 2.45) is 0 Å². The first-order chi connectivity index (χ1) is 9.70. The average Bonchev–Trinajstić information content (AvgIpc) is 2.93. The van der Waals surface area contributed by atoms with Gasteiger partial charge in [-0.15, -0.1) is 0 Å². The normalized spacial score (nSPS) is 16.6. The van der Waals surface area contributed by atoms with Gasteiger partial charge in [0.05, 0.1) is 13.4 Å². The third kappa shape index (κ3) is 4.06. The van der Waals surface area contributed by atoms with Gasteiger partial charge < -0.3 is 19.4 Å². The third-order valence-corrected chi connectivity index (χ3v) is 3.57. The summed E-state index contributed by atoms with van der Waals surface area (Å²) in [6.07, 6.45) is 1.53. The van der Waals surface area contributed by atoms with Crippen molar-refractivity contribution in [1.29, 1.82) is 0 Å². The molecule has 0 unspecified atom stereocenters. The molecule has 2 heterocycles. The van der Waals surface area contributed by atoms with E-state index < -0.39 is 5.97 Å². The molecule has 1 fully saturated rings. The minimum atomic E-state index is -0.416. The summed E-state index contributed by atoms with van der Waals surface area (Å²) in [4.78, 5) is 16.2. The van der Waals surface area contributed by atoms with Crippen LogP contribution in [-0.4, -0.2) is 69.2 Å². The van der Waals surface area contributed by atoms with Gasteiger partial charge in [-0.05, 0) is 13.1 Å². The van der Waals surface area contributed by atoms with Crippen molar-refractivity contribution < 1.29 is 13.9 Å². The van der Waals surface area contributed by atoms with Crippen molar-refractivity contribution in [3.8, 4) is 0 Å². The molecule has 1 aliphatic heterocycles. The SMILES string of the molecule is COC(=O)c1occc1CN(C)CCN1CCNCC1. The zero-order valence-corrected chi connectivity index (χ0v) is 12.2. The molecule has 0 radical (unpaired) electrons. The molecule has 0 aliphatic carbocycles. The molecule has 2 rings (SSSR count). The van der Waals surface area contributed by atoms with Crippen LogP contribution in [0.5, 0.6) is 0 Å². The van der Waals surface area contributed by atoms with Crippen LogP contribution < -0.4 is 5.32 Å². The van der Waals surface area contributed by atoms with E-state index in [0.717, 1.165) is 44.8 Å². The molecular formula is C14H23N3O3. The highest BCUT2D eigenvalue weighted by atomic mass is 16.5. The van der Waals surface area contributed by atoms with E-state index in [-0.39, 0.29) is 0 Å². The first kappa shape index (κ1) is 15.0. The number of esters is 1. The number of likely N-dealkylation sites (N-methyl/N-ethyl adjacent to an activating group) is 1. The first-order valence-corrected chi connectivity index (χ1v) is 6.97. The van der Waals surface area contributed by atoms with Crippen molar-refractivity contribution in [1.82, 2.24) is 15.1 Å². The number of piperazine rings is 1. The second-order valence-electron chi connectivity index (χ2n) is 5.10. The first-order valence-electron chi connectivity index (χ1n) is 6.97. The Bertz CT molecular complexity index is 427. The Hall–Kier alpha value is -1.37. The molecule has 6 nitrogen and oxygen atoms in total. The molecule has 6 heteroatoms. The van der Waals surface area contributed by atoms with E-state index in [1.54, 1.807) is 0 Å². The summed E-state index contributed by atoms with van der Waals surface area (Å²) in [5.74, 6) is -0.109. The standard InChI is InChI=1S/C14H23N3O3/c1-16(8-9-17-6-4-15-5-7-17)11-12-3-10-20-13(12)14(18)19-2/h3,10,15H,4-9,11H2,1-2H3. The van der Waals surface area contributed by atoms with Gasteiger partial charge in [0.2, 0.25) is 5.76 Å². The zero-order chi connectivity index (χ0) is 14.4. The molecule has 0 amide bonds. The van der Waals surface area contributed by atoms with Crippen LogP contribution in [0.4, 0.5) is 0 Å². The van der Waals surface area contributed by atoms with Crippen LogP contribution in [0.15, 0.2) is 16.7 Å².